The standard InChI is InChI=1S/C13H21NO2/c1-2-11-5-6-12(16-11)9-14-10-13(15)7-3-4-8-13/h5-6,14-15H,2-4,7-10H2,1H3. The highest BCUT2D eigenvalue weighted by atomic mass is 16.3. The van der Waals surface area contributed by atoms with Crippen LogP contribution in [0.2, 0.25) is 0 Å². The number of hydrogen-bond acceptors (Lipinski definition) is 3. The molecule has 1 fully saturated rings. The second kappa shape index (κ2) is 5.02. The van der Waals surface area contributed by atoms with E-state index in [1.807, 2.05) is 12.1 Å². The lowest BCUT2D eigenvalue weighted by Crippen LogP contribution is -2.37. The van der Waals surface area contributed by atoms with Gasteiger partial charge in [-0.3, -0.25) is 0 Å². The Balaban J connectivity index is 1.75. The fourth-order valence-corrected chi connectivity index (χ4v) is 2.34. The smallest absolute Gasteiger partial charge is 0.117 e. The zero-order chi connectivity index (χ0) is 11.4. The van der Waals surface area contributed by atoms with Crippen molar-refractivity contribution in [1.29, 1.82) is 0 Å². The third-order valence-corrected chi connectivity index (χ3v) is 3.35. The van der Waals surface area contributed by atoms with Crippen molar-refractivity contribution in [2.45, 2.75) is 51.2 Å². The summed E-state index contributed by atoms with van der Waals surface area (Å²) in [5, 5.41) is 13.4. The van der Waals surface area contributed by atoms with E-state index in [9.17, 15) is 5.11 Å². The average molecular weight is 223 g/mol. The summed E-state index contributed by atoms with van der Waals surface area (Å²) in [6.45, 7) is 3.47. The van der Waals surface area contributed by atoms with Crippen LogP contribution in [-0.2, 0) is 13.0 Å². The maximum Gasteiger partial charge on any atom is 0.117 e. The van der Waals surface area contributed by atoms with Crippen LogP contribution in [-0.4, -0.2) is 17.3 Å². The van der Waals surface area contributed by atoms with Gasteiger partial charge in [0.25, 0.3) is 0 Å². The van der Waals surface area contributed by atoms with Crippen molar-refractivity contribution in [3.8, 4) is 0 Å². The van der Waals surface area contributed by atoms with E-state index in [1.54, 1.807) is 0 Å². The molecule has 16 heavy (non-hydrogen) atoms. The van der Waals surface area contributed by atoms with Crippen LogP contribution < -0.4 is 5.32 Å². The quantitative estimate of drug-likeness (QED) is 0.804. The first-order chi connectivity index (χ1) is 7.72. The molecule has 1 heterocycles. The van der Waals surface area contributed by atoms with Crippen LogP contribution in [0.1, 0.15) is 44.1 Å². The fraction of sp³-hybridized carbons (Fsp3) is 0.692. The van der Waals surface area contributed by atoms with Crippen LogP contribution in [0, 0.1) is 0 Å². The Morgan fingerprint density at radius 3 is 2.62 bits per heavy atom. The highest BCUT2D eigenvalue weighted by Gasteiger charge is 2.30. The van der Waals surface area contributed by atoms with Gasteiger partial charge in [0.15, 0.2) is 0 Å². The molecule has 1 aliphatic carbocycles. The summed E-state index contributed by atoms with van der Waals surface area (Å²) in [6.07, 6.45) is 5.10. The topological polar surface area (TPSA) is 45.4 Å². The molecule has 0 amide bonds. The molecule has 0 saturated heterocycles. The third-order valence-electron chi connectivity index (χ3n) is 3.35. The van der Waals surface area contributed by atoms with Gasteiger partial charge in [-0.05, 0) is 25.0 Å². The van der Waals surface area contributed by atoms with E-state index in [0.29, 0.717) is 13.1 Å². The van der Waals surface area contributed by atoms with Gasteiger partial charge in [-0.25, -0.2) is 0 Å². The molecule has 1 aliphatic rings. The summed E-state index contributed by atoms with van der Waals surface area (Å²) in [7, 11) is 0. The molecule has 1 aromatic heterocycles. The van der Waals surface area contributed by atoms with Crippen molar-refractivity contribution in [3.63, 3.8) is 0 Å². The Morgan fingerprint density at radius 2 is 2.00 bits per heavy atom. The number of aryl methyl sites for hydroxylation is 1. The van der Waals surface area contributed by atoms with Crippen LogP contribution in [0.3, 0.4) is 0 Å². The predicted molar refractivity (Wildman–Crippen MR) is 63.2 cm³/mol. The van der Waals surface area contributed by atoms with Crippen molar-refractivity contribution >= 4 is 0 Å². The van der Waals surface area contributed by atoms with Gasteiger partial charge in [0.1, 0.15) is 11.5 Å². The zero-order valence-electron chi connectivity index (χ0n) is 9.96. The van der Waals surface area contributed by atoms with E-state index in [4.69, 9.17) is 4.42 Å². The van der Waals surface area contributed by atoms with E-state index >= 15 is 0 Å². The lowest BCUT2D eigenvalue weighted by molar-refractivity contribution is 0.0470. The first-order valence-electron chi connectivity index (χ1n) is 6.22. The van der Waals surface area contributed by atoms with E-state index in [0.717, 1.165) is 43.6 Å². The van der Waals surface area contributed by atoms with Gasteiger partial charge >= 0.3 is 0 Å². The second-order valence-electron chi connectivity index (χ2n) is 4.76. The maximum atomic E-state index is 10.1. The van der Waals surface area contributed by atoms with E-state index in [-0.39, 0.29) is 0 Å². The molecular weight excluding hydrogens is 202 g/mol. The number of hydrogen-bond donors (Lipinski definition) is 2. The van der Waals surface area contributed by atoms with Gasteiger partial charge in [-0.1, -0.05) is 19.8 Å². The normalized spacial score (nSPS) is 19.1. The molecule has 90 valence electrons. The average Bonchev–Trinajstić information content (AvgIpc) is 2.88. The molecule has 0 unspecified atom stereocenters. The highest BCUT2D eigenvalue weighted by Crippen LogP contribution is 2.28. The van der Waals surface area contributed by atoms with Crippen molar-refractivity contribution in [2.24, 2.45) is 0 Å². The summed E-state index contributed by atoms with van der Waals surface area (Å²) >= 11 is 0. The summed E-state index contributed by atoms with van der Waals surface area (Å²) in [5.74, 6) is 1.98. The van der Waals surface area contributed by atoms with E-state index < -0.39 is 5.60 Å². The minimum Gasteiger partial charge on any atom is -0.465 e. The molecule has 0 bridgehead atoms. The lowest BCUT2D eigenvalue weighted by Gasteiger charge is -2.22. The monoisotopic (exact) mass is 223 g/mol. The lowest BCUT2D eigenvalue weighted by atomic mass is 10.0. The van der Waals surface area contributed by atoms with Crippen LogP contribution in [0.4, 0.5) is 0 Å². The van der Waals surface area contributed by atoms with Crippen molar-refractivity contribution < 1.29 is 9.52 Å². The van der Waals surface area contributed by atoms with Crippen molar-refractivity contribution in [2.75, 3.05) is 6.54 Å². The maximum absolute atomic E-state index is 10.1. The molecular formula is C13H21NO2. The molecule has 0 spiro atoms. The van der Waals surface area contributed by atoms with Gasteiger partial charge in [-0.15, -0.1) is 0 Å². The SMILES string of the molecule is CCc1ccc(CNCC2(O)CCCC2)o1. The molecule has 3 nitrogen and oxygen atoms in total. The van der Waals surface area contributed by atoms with Gasteiger partial charge in [-0.2, -0.15) is 0 Å². The first-order valence-corrected chi connectivity index (χ1v) is 6.22. The van der Waals surface area contributed by atoms with E-state index in [1.165, 1.54) is 0 Å². The largest absolute Gasteiger partial charge is 0.465 e. The Morgan fingerprint density at radius 1 is 1.31 bits per heavy atom. The molecule has 0 atom stereocenters. The van der Waals surface area contributed by atoms with Crippen LogP contribution >= 0.6 is 0 Å². The summed E-state index contributed by atoms with van der Waals surface area (Å²) in [6, 6.07) is 4.02. The molecule has 0 radical (unpaired) electrons. The summed E-state index contributed by atoms with van der Waals surface area (Å²) in [4.78, 5) is 0. The molecule has 1 aromatic rings. The van der Waals surface area contributed by atoms with Gasteiger partial charge in [0, 0.05) is 13.0 Å². The van der Waals surface area contributed by atoms with Crippen LogP contribution in [0.25, 0.3) is 0 Å². The molecule has 0 aliphatic heterocycles. The van der Waals surface area contributed by atoms with Crippen LogP contribution in [0.15, 0.2) is 16.5 Å². The van der Waals surface area contributed by atoms with Gasteiger partial charge in [0.2, 0.25) is 0 Å². The molecule has 3 heteroatoms. The Bertz CT molecular complexity index is 326. The highest BCUT2D eigenvalue weighted by molar-refractivity contribution is 5.06. The summed E-state index contributed by atoms with van der Waals surface area (Å²) in [5.41, 5.74) is -0.472. The van der Waals surface area contributed by atoms with Crippen molar-refractivity contribution in [1.82, 2.24) is 5.32 Å². The first kappa shape index (κ1) is 11.7. The zero-order valence-corrected chi connectivity index (χ0v) is 9.96. The second-order valence-corrected chi connectivity index (χ2v) is 4.76. The summed E-state index contributed by atoms with van der Waals surface area (Å²) < 4.78 is 5.59. The van der Waals surface area contributed by atoms with Gasteiger partial charge < -0.3 is 14.8 Å². The number of rotatable bonds is 5. The Labute approximate surface area is 96.8 Å². The third kappa shape index (κ3) is 2.86. The minimum atomic E-state index is -0.472. The molecule has 2 N–H and O–H groups in total. The molecule has 1 saturated carbocycles. The van der Waals surface area contributed by atoms with Gasteiger partial charge in [0.05, 0.1) is 12.1 Å². The number of aliphatic hydroxyl groups is 1. The van der Waals surface area contributed by atoms with E-state index in [2.05, 4.69) is 12.2 Å². The number of furan rings is 1. The Hall–Kier alpha value is -0.800. The molecule has 0 aromatic carbocycles. The van der Waals surface area contributed by atoms with Crippen LogP contribution in [0.5, 0.6) is 0 Å². The van der Waals surface area contributed by atoms with Crippen molar-refractivity contribution in [3.05, 3.63) is 23.7 Å². The fourth-order valence-electron chi connectivity index (χ4n) is 2.34. The predicted octanol–water partition coefficient (Wildman–Crippen LogP) is 2.24. The Kier molecular flexibility index (Phi) is 3.66. The molecule has 2 rings (SSSR count). The minimum absolute atomic E-state index is 0.472. The number of nitrogens with one attached hydrogen (secondary N) is 1.